The van der Waals surface area contributed by atoms with Gasteiger partial charge in [-0.3, -0.25) is 4.98 Å². The highest BCUT2D eigenvalue weighted by Gasteiger charge is 2.27. The molecule has 2 heterocycles. The summed E-state index contributed by atoms with van der Waals surface area (Å²) in [5, 5.41) is 2.27. The van der Waals surface area contributed by atoms with E-state index in [9.17, 15) is 8.42 Å². The van der Waals surface area contributed by atoms with Crippen LogP contribution in [0.4, 0.5) is 5.69 Å². The summed E-state index contributed by atoms with van der Waals surface area (Å²) in [5.74, 6) is 0.566. The van der Waals surface area contributed by atoms with E-state index < -0.39 is 10.0 Å². The van der Waals surface area contributed by atoms with Crippen LogP contribution in [-0.2, 0) is 14.8 Å². The van der Waals surface area contributed by atoms with Gasteiger partial charge >= 0.3 is 0 Å². The molecular formula is C20H29N3O3S. The molecule has 7 heteroatoms. The molecule has 1 aromatic heterocycles. The molecule has 0 amide bonds. The van der Waals surface area contributed by atoms with Crippen LogP contribution in [0.2, 0.25) is 0 Å². The number of aromatic nitrogens is 1. The Labute approximate surface area is 162 Å². The number of anilines is 1. The number of pyridine rings is 1. The van der Waals surface area contributed by atoms with Crippen molar-refractivity contribution in [3.8, 4) is 0 Å². The van der Waals surface area contributed by atoms with Crippen LogP contribution in [0.5, 0.6) is 0 Å². The molecule has 6 nitrogen and oxygen atoms in total. The summed E-state index contributed by atoms with van der Waals surface area (Å²) in [6.45, 7) is 5.19. The minimum absolute atomic E-state index is 0.216. The van der Waals surface area contributed by atoms with Crippen LogP contribution in [0.3, 0.4) is 0 Å². The van der Waals surface area contributed by atoms with Gasteiger partial charge in [0.15, 0.2) is 0 Å². The predicted molar refractivity (Wildman–Crippen MR) is 110 cm³/mol. The second kappa shape index (κ2) is 8.99. The van der Waals surface area contributed by atoms with Crippen molar-refractivity contribution in [1.82, 2.24) is 9.29 Å². The molecule has 3 rings (SSSR count). The van der Waals surface area contributed by atoms with Gasteiger partial charge in [0.05, 0.1) is 17.6 Å². The van der Waals surface area contributed by atoms with Crippen molar-refractivity contribution in [1.29, 1.82) is 0 Å². The molecule has 0 spiro atoms. The third-order valence-electron chi connectivity index (χ3n) is 5.30. The number of ether oxygens (including phenoxy) is 1. The Morgan fingerprint density at radius 2 is 1.85 bits per heavy atom. The lowest BCUT2D eigenvalue weighted by Gasteiger charge is -2.35. The molecule has 2 aromatic rings. The smallest absolute Gasteiger partial charge is 0.214 e. The maximum atomic E-state index is 12.7. The summed E-state index contributed by atoms with van der Waals surface area (Å²) in [4.78, 5) is 6.58. The number of methoxy groups -OCH3 is 1. The van der Waals surface area contributed by atoms with E-state index in [0.717, 1.165) is 22.9 Å². The zero-order valence-electron chi connectivity index (χ0n) is 16.2. The minimum Gasteiger partial charge on any atom is -0.385 e. The summed E-state index contributed by atoms with van der Waals surface area (Å²) in [7, 11) is -1.53. The van der Waals surface area contributed by atoms with Crippen LogP contribution in [0.15, 0.2) is 36.7 Å². The lowest BCUT2D eigenvalue weighted by molar-refractivity contribution is 0.179. The Balaban J connectivity index is 1.59. The van der Waals surface area contributed by atoms with Gasteiger partial charge in [0.25, 0.3) is 0 Å². The van der Waals surface area contributed by atoms with Crippen molar-refractivity contribution in [2.45, 2.75) is 19.8 Å². The van der Waals surface area contributed by atoms with Crippen molar-refractivity contribution in [3.05, 3.63) is 36.7 Å². The maximum absolute atomic E-state index is 12.7. The Hall–Kier alpha value is -1.70. The van der Waals surface area contributed by atoms with Gasteiger partial charge < -0.3 is 9.64 Å². The highest BCUT2D eigenvalue weighted by molar-refractivity contribution is 7.89. The van der Waals surface area contributed by atoms with Crippen LogP contribution in [0, 0.1) is 5.92 Å². The van der Waals surface area contributed by atoms with Crippen molar-refractivity contribution in [2.75, 3.05) is 50.5 Å². The molecule has 148 valence electrons. The van der Waals surface area contributed by atoms with Gasteiger partial charge in [-0.2, -0.15) is 4.31 Å². The van der Waals surface area contributed by atoms with E-state index in [1.807, 2.05) is 24.5 Å². The average Bonchev–Trinajstić information content (AvgIpc) is 2.70. The van der Waals surface area contributed by atoms with Crippen molar-refractivity contribution in [3.63, 3.8) is 0 Å². The largest absolute Gasteiger partial charge is 0.385 e. The fourth-order valence-electron chi connectivity index (χ4n) is 3.50. The first-order chi connectivity index (χ1) is 13.0. The molecule has 0 bridgehead atoms. The summed E-state index contributed by atoms with van der Waals surface area (Å²) in [6, 6.07) is 8.18. The molecule has 1 aliphatic rings. The lowest BCUT2D eigenvalue weighted by Crippen LogP contribution is -2.49. The molecule has 0 aliphatic carbocycles. The summed E-state index contributed by atoms with van der Waals surface area (Å²) >= 11 is 0. The number of benzene rings is 1. The fraction of sp³-hybridized carbons (Fsp3) is 0.550. The molecule has 1 aliphatic heterocycles. The molecule has 0 radical (unpaired) electrons. The van der Waals surface area contributed by atoms with Crippen LogP contribution in [0.25, 0.3) is 10.8 Å². The summed E-state index contributed by atoms with van der Waals surface area (Å²) in [5.41, 5.74) is 1.08. The summed E-state index contributed by atoms with van der Waals surface area (Å²) < 4.78 is 32.1. The lowest BCUT2D eigenvalue weighted by atomic mass is 10.1. The Morgan fingerprint density at radius 1 is 1.11 bits per heavy atom. The number of fused-ring (bicyclic) bond motifs is 1. The first kappa shape index (κ1) is 20.0. The summed E-state index contributed by atoms with van der Waals surface area (Å²) in [6.07, 6.45) is 5.32. The van der Waals surface area contributed by atoms with E-state index >= 15 is 0 Å². The van der Waals surface area contributed by atoms with Gasteiger partial charge in [0.2, 0.25) is 10.0 Å². The monoisotopic (exact) mass is 391 g/mol. The molecule has 1 saturated heterocycles. The molecule has 0 saturated carbocycles. The Kier molecular flexibility index (Phi) is 6.68. The van der Waals surface area contributed by atoms with Crippen LogP contribution in [-0.4, -0.2) is 63.4 Å². The molecule has 1 atom stereocenters. The number of nitrogens with zero attached hydrogens (tertiary/aromatic N) is 3. The normalized spacial score (nSPS) is 17.3. The van der Waals surface area contributed by atoms with Gasteiger partial charge in [0.1, 0.15) is 0 Å². The Bertz CT molecular complexity index is 843. The van der Waals surface area contributed by atoms with Gasteiger partial charge in [-0.25, -0.2) is 8.42 Å². The number of piperazine rings is 1. The van der Waals surface area contributed by atoms with E-state index in [1.165, 1.54) is 0 Å². The number of sulfonamides is 1. The zero-order chi connectivity index (χ0) is 19.3. The van der Waals surface area contributed by atoms with E-state index in [-0.39, 0.29) is 5.75 Å². The number of rotatable bonds is 8. The highest BCUT2D eigenvalue weighted by Crippen LogP contribution is 2.26. The van der Waals surface area contributed by atoms with Crippen LogP contribution >= 0.6 is 0 Å². The topological polar surface area (TPSA) is 62.7 Å². The van der Waals surface area contributed by atoms with Crippen molar-refractivity contribution >= 4 is 26.5 Å². The standard InChI is InChI=1S/C20H29N3O3S/c1-17(7-13-26-2)8-14-27(24,25)23-11-9-22(10-12-23)20-16-21-15-18-5-3-4-6-19(18)20/h3-6,15-17H,7-14H2,1-2H3. The maximum Gasteiger partial charge on any atom is 0.214 e. The van der Waals surface area contributed by atoms with Gasteiger partial charge in [-0.05, 0) is 18.8 Å². The molecule has 27 heavy (non-hydrogen) atoms. The van der Waals surface area contributed by atoms with Gasteiger partial charge in [-0.1, -0.05) is 31.2 Å². The van der Waals surface area contributed by atoms with Crippen molar-refractivity contribution in [2.24, 2.45) is 5.92 Å². The third-order valence-corrected chi connectivity index (χ3v) is 7.21. The van der Waals surface area contributed by atoms with Crippen LogP contribution in [0.1, 0.15) is 19.8 Å². The zero-order valence-corrected chi connectivity index (χ0v) is 17.0. The van der Waals surface area contributed by atoms with E-state index in [1.54, 1.807) is 11.4 Å². The second-order valence-corrected chi connectivity index (χ2v) is 9.35. The second-order valence-electron chi connectivity index (χ2n) is 7.26. The molecule has 0 N–H and O–H groups in total. The van der Waals surface area contributed by atoms with Crippen LogP contribution < -0.4 is 4.90 Å². The van der Waals surface area contributed by atoms with E-state index in [4.69, 9.17) is 4.74 Å². The fourth-order valence-corrected chi connectivity index (χ4v) is 5.18. The van der Waals surface area contributed by atoms with Gasteiger partial charge in [-0.15, -0.1) is 0 Å². The average molecular weight is 392 g/mol. The quantitative estimate of drug-likeness (QED) is 0.692. The number of hydrogen-bond donors (Lipinski definition) is 0. The minimum atomic E-state index is -3.20. The molecule has 1 fully saturated rings. The molecule has 1 unspecified atom stereocenters. The van der Waals surface area contributed by atoms with E-state index in [0.29, 0.717) is 45.1 Å². The molecular weight excluding hydrogens is 362 g/mol. The highest BCUT2D eigenvalue weighted by atomic mass is 32.2. The van der Waals surface area contributed by atoms with E-state index in [2.05, 4.69) is 28.9 Å². The predicted octanol–water partition coefficient (Wildman–Crippen LogP) is 2.75. The first-order valence-corrected chi connectivity index (χ1v) is 11.2. The number of hydrogen-bond acceptors (Lipinski definition) is 5. The first-order valence-electron chi connectivity index (χ1n) is 9.55. The third kappa shape index (κ3) is 4.97. The molecule has 1 aromatic carbocycles. The van der Waals surface area contributed by atoms with Crippen molar-refractivity contribution < 1.29 is 13.2 Å². The SMILES string of the molecule is COCCC(C)CCS(=O)(=O)N1CCN(c2cncc3ccccc23)CC1. The van der Waals surface area contributed by atoms with Gasteiger partial charge in [0, 0.05) is 56.9 Å². The Morgan fingerprint density at radius 3 is 2.59 bits per heavy atom.